The first-order valence-corrected chi connectivity index (χ1v) is 6.79. The number of benzene rings is 1. The number of aryl methyl sites for hydroxylation is 1. The summed E-state index contributed by atoms with van der Waals surface area (Å²) in [5.74, 6) is -1.75. The lowest BCUT2D eigenvalue weighted by molar-refractivity contribution is 0.0543. The topological polar surface area (TPSA) is 87.5 Å². The van der Waals surface area contributed by atoms with Gasteiger partial charge >= 0.3 is 11.9 Å². The number of imidazole rings is 1. The SMILES string of the molecule is COC(=O)c1ncn(CC(=O)c2ccc(C)cc2)c1C(=O)OC. The third-order valence-corrected chi connectivity index (χ3v) is 3.28. The molecule has 7 heteroatoms. The molecule has 0 atom stereocenters. The average molecular weight is 316 g/mol. The van der Waals surface area contributed by atoms with Crippen LogP contribution < -0.4 is 0 Å². The molecule has 0 aliphatic heterocycles. The van der Waals surface area contributed by atoms with E-state index in [0.717, 1.165) is 5.56 Å². The minimum absolute atomic E-state index is 0.111. The van der Waals surface area contributed by atoms with Crippen LogP contribution in [0.2, 0.25) is 0 Å². The Morgan fingerprint density at radius 1 is 1.04 bits per heavy atom. The van der Waals surface area contributed by atoms with Crippen LogP contribution in [-0.4, -0.2) is 41.5 Å². The zero-order chi connectivity index (χ0) is 17.0. The molecule has 23 heavy (non-hydrogen) atoms. The summed E-state index contributed by atoms with van der Waals surface area (Å²) in [5, 5.41) is 0. The van der Waals surface area contributed by atoms with Gasteiger partial charge in [0, 0.05) is 5.56 Å². The van der Waals surface area contributed by atoms with Crippen LogP contribution in [0, 0.1) is 6.92 Å². The Kier molecular flexibility index (Phi) is 4.90. The number of nitrogens with zero attached hydrogens (tertiary/aromatic N) is 2. The summed E-state index contributed by atoms with van der Waals surface area (Å²) < 4.78 is 10.5. The molecule has 2 aromatic rings. The summed E-state index contributed by atoms with van der Waals surface area (Å²) in [6, 6.07) is 7.05. The van der Waals surface area contributed by atoms with Gasteiger partial charge in [0.25, 0.3) is 0 Å². The van der Waals surface area contributed by atoms with Gasteiger partial charge in [0.15, 0.2) is 17.2 Å². The molecule has 1 heterocycles. The highest BCUT2D eigenvalue weighted by atomic mass is 16.5. The van der Waals surface area contributed by atoms with Crippen molar-refractivity contribution in [2.45, 2.75) is 13.5 Å². The number of esters is 2. The van der Waals surface area contributed by atoms with Crippen molar-refractivity contribution in [3.63, 3.8) is 0 Å². The molecule has 0 fully saturated rings. The molecule has 0 saturated heterocycles. The molecule has 0 spiro atoms. The Bertz CT molecular complexity index is 746. The van der Waals surface area contributed by atoms with Crippen LogP contribution in [0.25, 0.3) is 0 Å². The van der Waals surface area contributed by atoms with E-state index in [1.807, 2.05) is 19.1 Å². The van der Waals surface area contributed by atoms with Crippen LogP contribution in [0.3, 0.4) is 0 Å². The van der Waals surface area contributed by atoms with Gasteiger partial charge < -0.3 is 14.0 Å². The molecule has 0 aliphatic carbocycles. The second kappa shape index (κ2) is 6.87. The second-order valence-corrected chi connectivity index (χ2v) is 4.84. The summed E-state index contributed by atoms with van der Waals surface area (Å²) in [6.07, 6.45) is 1.24. The largest absolute Gasteiger partial charge is 0.464 e. The number of methoxy groups -OCH3 is 2. The maximum absolute atomic E-state index is 12.3. The molecule has 120 valence electrons. The quantitative estimate of drug-likeness (QED) is 0.615. The van der Waals surface area contributed by atoms with Crippen LogP contribution >= 0.6 is 0 Å². The van der Waals surface area contributed by atoms with Crippen molar-refractivity contribution in [3.8, 4) is 0 Å². The Morgan fingerprint density at radius 2 is 1.65 bits per heavy atom. The molecule has 0 amide bonds. The van der Waals surface area contributed by atoms with E-state index >= 15 is 0 Å². The van der Waals surface area contributed by atoms with Crippen molar-refractivity contribution in [1.29, 1.82) is 0 Å². The lowest BCUT2D eigenvalue weighted by atomic mass is 10.1. The minimum atomic E-state index is -0.771. The zero-order valence-electron chi connectivity index (χ0n) is 13.0. The van der Waals surface area contributed by atoms with E-state index in [-0.39, 0.29) is 23.7 Å². The first kappa shape index (κ1) is 16.4. The predicted octanol–water partition coefficient (Wildman–Crippen LogP) is 1.65. The van der Waals surface area contributed by atoms with Gasteiger partial charge in [-0.1, -0.05) is 29.8 Å². The highest BCUT2D eigenvalue weighted by molar-refractivity contribution is 6.02. The fourth-order valence-electron chi connectivity index (χ4n) is 2.04. The third-order valence-electron chi connectivity index (χ3n) is 3.28. The Hall–Kier alpha value is -2.96. The van der Waals surface area contributed by atoms with Crippen molar-refractivity contribution in [3.05, 3.63) is 53.1 Å². The van der Waals surface area contributed by atoms with Gasteiger partial charge in [0.2, 0.25) is 0 Å². The van der Waals surface area contributed by atoms with Crippen molar-refractivity contribution in [1.82, 2.24) is 9.55 Å². The summed E-state index contributed by atoms with van der Waals surface area (Å²) in [6.45, 7) is 1.78. The second-order valence-electron chi connectivity index (χ2n) is 4.84. The van der Waals surface area contributed by atoms with E-state index < -0.39 is 11.9 Å². The number of Topliss-reactive ketones (excluding diaryl/α,β-unsaturated/α-hetero) is 1. The molecule has 1 aromatic carbocycles. The predicted molar refractivity (Wildman–Crippen MR) is 80.4 cm³/mol. The van der Waals surface area contributed by atoms with Crippen molar-refractivity contribution in [2.24, 2.45) is 0 Å². The van der Waals surface area contributed by atoms with Crippen molar-refractivity contribution >= 4 is 17.7 Å². The van der Waals surface area contributed by atoms with E-state index in [1.165, 1.54) is 25.1 Å². The summed E-state index contributed by atoms with van der Waals surface area (Å²) >= 11 is 0. The van der Waals surface area contributed by atoms with Gasteiger partial charge in [0.05, 0.1) is 27.1 Å². The van der Waals surface area contributed by atoms with Crippen molar-refractivity contribution < 1.29 is 23.9 Å². The van der Waals surface area contributed by atoms with Crippen LogP contribution in [0.5, 0.6) is 0 Å². The number of rotatable bonds is 5. The first-order valence-electron chi connectivity index (χ1n) is 6.79. The van der Waals surface area contributed by atoms with E-state index in [0.29, 0.717) is 5.56 Å². The van der Waals surface area contributed by atoms with Gasteiger partial charge in [-0.05, 0) is 6.92 Å². The van der Waals surface area contributed by atoms with E-state index in [9.17, 15) is 14.4 Å². The summed E-state index contributed by atoms with van der Waals surface area (Å²) in [7, 11) is 2.36. The number of ether oxygens (including phenoxy) is 2. The highest BCUT2D eigenvalue weighted by Gasteiger charge is 2.26. The number of carbonyl (C=O) groups excluding carboxylic acids is 3. The summed E-state index contributed by atoms with van der Waals surface area (Å²) in [5.41, 5.74) is 1.24. The lowest BCUT2D eigenvalue weighted by Crippen LogP contribution is -2.19. The Morgan fingerprint density at radius 3 is 2.22 bits per heavy atom. The van der Waals surface area contributed by atoms with Gasteiger partial charge in [0.1, 0.15) is 0 Å². The molecular formula is C16H16N2O5. The monoisotopic (exact) mass is 316 g/mol. The van der Waals surface area contributed by atoms with Crippen LogP contribution in [0.1, 0.15) is 36.9 Å². The number of hydrogen-bond acceptors (Lipinski definition) is 6. The van der Waals surface area contributed by atoms with Gasteiger partial charge in [-0.25, -0.2) is 14.6 Å². The molecule has 0 aliphatic rings. The number of aromatic nitrogens is 2. The van der Waals surface area contributed by atoms with E-state index in [4.69, 9.17) is 0 Å². The minimum Gasteiger partial charge on any atom is -0.464 e. The maximum atomic E-state index is 12.3. The van der Waals surface area contributed by atoms with E-state index in [2.05, 4.69) is 14.5 Å². The van der Waals surface area contributed by atoms with E-state index in [1.54, 1.807) is 12.1 Å². The van der Waals surface area contributed by atoms with Gasteiger partial charge in [-0.3, -0.25) is 4.79 Å². The van der Waals surface area contributed by atoms with Crippen LogP contribution in [-0.2, 0) is 16.0 Å². The molecule has 0 radical (unpaired) electrons. The Labute approximate surface area is 132 Å². The lowest BCUT2D eigenvalue weighted by Gasteiger charge is -2.07. The number of carbonyl (C=O) groups is 3. The third kappa shape index (κ3) is 3.45. The van der Waals surface area contributed by atoms with Crippen molar-refractivity contribution in [2.75, 3.05) is 14.2 Å². The normalized spacial score (nSPS) is 10.2. The highest BCUT2D eigenvalue weighted by Crippen LogP contribution is 2.13. The fraction of sp³-hybridized carbons (Fsp3) is 0.250. The molecule has 1 aromatic heterocycles. The number of ketones is 1. The standard InChI is InChI=1S/C16H16N2O5/c1-10-4-6-11(7-5-10)12(19)8-18-9-17-13(15(20)22-2)14(18)16(21)23-3/h4-7,9H,8H2,1-3H3. The van der Waals surface area contributed by atoms with Crippen LogP contribution in [0.4, 0.5) is 0 Å². The fourth-order valence-corrected chi connectivity index (χ4v) is 2.04. The summed E-state index contributed by atoms with van der Waals surface area (Å²) in [4.78, 5) is 39.7. The molecule has 7 nitrogen and oxygen atoms in total. The zero-order valence-corrected chi connectivity index (χ0v) is 13.0. The van der Waals surface area contributed by atoms with Crippen LogP contribution in [0.15, 0.2) is 30.6 Å². The van der Waals surface area contributed by atoms with Gasteiger partial charge in [-0.15, -0.1) is 0 Å². The molecule has 0 saturated carbocycles. The first-order chi connectivity index (χ1) is 11.0. The van der Waals surface area contributed by atoms with Gasteiger partial charge in [-0.2, -0.15) is 0 Å². The Balaban J connectivity index is 2.34. The molecule has 0 N–H and O–H groups in total. The molecule has 0 unspecified atom stereocenters. The average Bonchev–Trinajstić information content (AvgIpc) is 2.97. The number of hydrogen-bond donors (Lipinski definition) is 0. The smallest absolute Gasteiger partial charge is 0.359 e. The maximum Gasteiger partial charge on any atom is 0.359 e. The molecule has 0 bridgehead atoms. The molecule has 2 rings (SSSR count). The molecular weight excluding hydrogens is 300 g/mol.